The summed E-state index contributed by atoms with van der Waals surface area (Å²) < 4.78 is 28.7. The number of likely N-dealkylation sites (N-methyl/N-ethyl adjacent to an activating group) is 1. The van der Waals surface area contributed by atoms with Gasteiger partial charge in [0.05, 0.1) is 21.7 Å². The van der Waals surface area contributed by atoms with E-state index in [1.807, 2.05) is 50.1 Å². The smallest absolute Gasteiger partial charge is 0.264 e. The number of hydrogen-bond donors (Lipinski definition) is 2. The van der Waals surface area contributed by atoms with Crippen molar-refractivity contribution in [2.75, 3.05) is 49.4 Å². The van der Waals surface area contributed by atoms with E-state index >= 15 is 0 Å². The molecule has 202 valence electrons. The van der Waals surface area contributed by atoms with Crippen molar-refractivity contribution < 1.29 is 18.0 Å². The number of H-pyrrole nitrogens is 1. The normalized spacial score (nSPS) is 18.4. The molecule has 3 aromatic rings. The van der Waals surface area contributed by atoms with Crippen LogP contribution in [0.2, 0.25) is 0 Å². The molecule has 1 fully saturated rings. The molecule has 6 rings (SSSR count). The first-order chi connectivity index (χ1) is 18.6. The Hall–Kier alpha value is -3.89. The Morgan fingerprint density at radius 2 is 1.74 bits per heavy atom. The number of amides is 2. The number of sulfonamides is 1. The summed E-state index contributed by atoms with van der Waals surface area (Å²) in [7, 11) is -1.77. The van der Waals surface area contributed by atoms with Crippen LogP contribution in [0.3, 0.4) is 0 Å². The van der Waals surface area contributed by atoms with Crippen LogP contribution in [0.25, 0.3) is 11.6 Å². The fourth-order valence-electron chi connectivity index (χ4n) is 5.71. The van der Waals surface area contributed by atoms with E-state index in [-0.39, 0.29) is 16.7 Å². The van der Waals surface area contributed by atoms with Crippen LogP contribution in [0.1, 0.15) is 38.4 Å². The average Bonchev–Trinajstić information content (AvgIpc) is 3.57. The monoisotopic (exact) mass is 545 g/mol. The van der Waals surface area contributed by atoms with Crippen molar-refractivity contribution in [3.05, 3.63) is 76.1 Å². The van der Waals surface area contributed by atoms with Gasteiger partial charge in [-0.05, 0) is 68.8 Å². The Bertz CT molecular complexity index is 1650. The maximum atomic E-state index is 13.6. The number of aryl methyl sites for hydroxylation is 1. The van der Waals surface area contributed by atoms with Gasteiger partial charge in [0.15, 0.2) is 0 Å². The summed E-state index contributed by atoms with van der Waals surface area (Å²) in [5, 5.41) is 2.84. The highest BCUT2D eigenvalue weighted by Gasteiger charge is 2.33. The topological polar surface area (TPSA) is 106 Å². The van der Waals surface area contributed by atoms with Crippen LogP contribution in [-0.4, -0.2) is 74.8 Å². The number of hydrogen-bond acceptors (Lipinski definition) is 5. The van der Waals surface area contributed by atoms with Gasteiger partial charge in [0, 0.05) is 55.4 Å². The number of nitrogens with one attached hydrogen (secondary N) is 2. The number of rotatable bonds is 4. The zero-order chi connectivity index (χ0) is 27.5. The van der Waals surface area contributed by atoms with Crippen LogP contribution in [0.4, 0.5) is 11.4 Å². The Labute approximate surface area is 228 Å². The van der Waals surface area contributed by atoms with Crippen molar-refractivity contribution in [1.29, 1.82) is 0 Å². The van der Waals surface area contributed by atoms with Crippen LogP contribution < -0.4 is 9.62 Å². The molecule has 0 saturated carbocycles. The van der Waals surface area contributed by atoms with Gasteiger partial charge in [-0.25, -0.2) is 8.42 Å². The minimum Gasteiger partial charge on any atom is -0.358 e. The van der Waals surface area contributed by atoms with Crippen molar-refractivity contribution >= 4 is 44.9 Å². The molecule has 2 N–H and O–H groups in total. The molecule has 3 aliphatic rings. The lowest BCUT2D eigenvalue weighted by molar-refractivity contribution is -0.110. The molecule has 0 unspecified atom stereocenters. The maximum Gasteiger partial charge on any atom is 0.264 e. The van der Waals surface area contributed by atoms with Gasteiger partial charge in [0.2, 0.25) is 0 Å². The SMILES string of the molecule is Cc1[nH]c(/C=C2/C(=O)Nc3ccc(S(=O)(=O)N4CCc5ccccc54)cc32)c(C)c1C(=O)N1CCN(C)CC1. The van der Waals surface area contributed by atoms with Crippen LogP contribution >= 0.6 is 0 Å². The van der Waals surface area contributed by atoms with Gasteiger partial charge >= 0.3 is 0 Å². The number of carbonyl (C=O) groups is 2. The molecule has 1 saturated heterocycles. The Morgan fingerprint density at radius 3 is 2.51 bits per heavy atom. The zero-order valence-electron chi connectivity index (χ0n) is 22.2. The molecule has 0 atom stereocenters. The molecule has 39 heavy (non-hydrogen) atoms. The summed E-state index contributed by atoms with van der Waals surface area (Å²) >= 11 is 0. The van der Waals surface area contributed by atoms with E-state index < -0.39 is 10.0 Å². The van der Waals surface area contributed by atoms with E-state index in [1.54, 1.807) is 18.2 Å². The number of aromatic amines is 1. The summed E-state index contributed by atoms with van der Waals surface area (Å²) in [6.07, 6.45) is 2.37. The first kappa shape index (κ1) is 25.4. The molecular weight excluding hydrogens is 514 g/mol. The lowest BCUT2D eigenvalue weighted by Crippen LogP contribution is -2.47. The van der Waals surface area contributed by atoms with Gasteiger partial charge in [-0.15, -0.1) is 0 Å². The van der Waals surface area contributed by atoms with Gasteiger partial charge in [-0.3, -0.25) is 13.9 Å². The lowest BCUT2D eigenvalue weighted by Gasteiger charge is -2.32. The number of carbonyl (C=O) groups excluding carboxylic acids is 2. The largest absolute Gasteiger partial charge is 0.358 e. The van der Waals surface area contributed by atoms with Gasteiger partial charge in [-0.1, -0.05) is 18.2 Å². The van der Waals surface area contributed by atoms with Gasteiger partial charge in [-0.2, -0.15) is 0 Å². The third kappa shape index (κ3) is 4.24. The summed E-state index contributed by atoms with van der Waals surface area (Å²) in [6.45, 7) is 7.11. The number of piperazine rings is 1. The van der Waals surface area contributed by atoms with Crippen LogP contribution in [0.15, 0.2) is 47.4 Å². The Balaban J connectivity index is 1.35. The molecular formula is C29H31N5O4S. The van der Waals surface area contributed by atoms with E-state index in [1.165, 1.54) is 10.4 Å². The lowest BCUT2D eigenvalue weighted by atomic mass is 10.0. The van der Waals surface area contributed by atoms with Crippen LogP contribution in [-0.2, 0) is 21.2 Å². The summed E-state index contributed by atoms with van der Waals surface area (Å²) in [4.78, 5) is 33.8. The number of nitrogens with zero attached hydrogens (tertiary/aromatic N) is 3. The minimum absolute atomic E-state index is 0.0189. The first-order valence-corrected chi connectivity index (χ1v) is 14.5. The third-order valence-corrected chi connectivity index (χ3v) is 9.78. The van der Waals surface area contributed by atoms with Gasteiger partial charge < -0.3 is 20.1 Å². The van der Waals surface area contributed by atoms with Gasteiger partial charge in [0.1, 0.15) is 0 Å². The molecule has 2 amide bonds. The van der Waals surface area contributed by atoms with Crippen LogP contribution in [0, 0.1) is 13.8 Å². The fraction of sp³-hybridized carbons (Fsp3) is 0.310. The third-order valence-electron chi connectivity index (χ3n) is 7.98. The highest BCUT2D eigenvalue weighted by atomic mass is 32.2. The molecule has 3 aliphatic heterocycles. The zero-order valence-corrected chi connectivity index (χ0v) is 23.1. The quantitative estimate of drug-likeness (QED) is 0.490. The van der Waals surface area contributed by atoms with Crippen LogP contribution in [0.5, 0.6) is 0 Å². The second kappa shape index (κ2) is 9.39. The average molecular weight is 546 g/mol. The van der Waals surface area contributed by atoms with E-state index in [2.05, 4.69) is 15.2 Å². The van der Waals surface area contributed by atoms with E-state index in [4.69, 9.17) is 0 Å². The van der Waals surface area contributed by atoms with Crippen molar-refractivity contribution in [1.82, 2.24) is 14.8 Å². The molecule has 1 aromatic heterocycles. The predicted molar refractivity (Wildman–Crippen MR) is 151 cm³/mol. The van der Waals surface area contributed by atoms with Crippen molar-refractivity contribution in [2.45, 2.75) is 25.2 Å². The minimum atomic E-state index is -3.82. The summed E-state index contributed by atoms with van der Waals surface area (Å²) in [5.41, 5.74) is 5.91. The van der Waals surface area contributed by atoms with E-state index in [0.717, 1.165) is 29.9 Å². The number of benzene rings is 2. The second-order valence-corrected chi connectivity index (χ2v) is 12.3. The molecule has 4 heterocycles. The van der Waals surface area contributed by atoms with Gasteiger partial charge in [0.25, 0.3) is 21.8 Å². The summed E-state index contributed by atoms with van der Waals surface area (Å²) in [5.74, 6) is -0.334. The van der Waals surface area contributed by atoms with E-state index in [9.17, 15) is 18.0 Å². The number of anilines is 2. The molecule has 0 bridgehead atoms. The molecule has 0 spiro atoms. The molecule has 0 radical (unpaired) electrons. The molecule has 2 aromatic carbocycles. The summed E-state index contributed by atoms with van der Waals surface area (Å²) in [6, 6.07) is 12.3. The maximum absolute atomic E-state index is 13.6. The van der Waals surface area contributed by atoms with Crippen molar-refractivity contribution in [3.63, 3.8) is 0 Å². The standard InChI is InChI=1S/C29H31N5O4S/c1-18-25(30-19(2)27(18)29(36)33-14-12-32(3)13-15-33)17-23-22-16-21(8-9-24(22)31-28(23)35)39(37,38)34-11-10-20-6-4-5-7-26(20)34/h4-9,16-17,30H,10-15H2,1-3H3,(H,31,35)/b23-17+. The molecule has 9 nitrogen and oxygen atoms in total. The Morgan fingerprint density at radius 1 is 1.00 bits per heavy atom. The van der Waals surface area contributed by atoms with Crippen molar-refractivity contribution in [3.8, 4) is 0 Å². The van der Waals surface area contributed by atoms with E-state index in [0.29, 0.717) is 59.8 Å². The van der Waals surface area contributed by atoms with Crippen molar-refractivity contribution in [2.24, 2.45) is 0 Å². The highest BCUT2D eigenvalue weighted by molar-refractivity contribution is 7.92. The first-order valence-electron chi connectivity index (χ1n) is 13.1. The number of fused-ring (bicyclic) bond motifs is 2. The molecule has 0 aliphatic carbocycles. The predicted octanol–water partition coefficient (Wildman–Crippen LogP) is 3.26. The second-order valence-electron chi connectivity index (χ2n) is 10.4. The fourth-order valence-corrected chi connectivity index (χ4v) is 7.24. The number of para-hydroxylation sites is 1. The molecule has 10 heteroatoms. The Kier molecular flexibility index (Phi) is 6.11. The number of aromatic nitrogens is 1. The highest BCUT2D eigenvalue weighted by Crippen LogP contribution is 2.38.